The highest BCUT2D eigenvalue weighted by atomic mass is 35.5. The van der Waals surface area contributed by atoms with Crippen LogP contribution < -0.4 is 5.73 Å². The van der Waals surface area contributed by atoms with Crippen molar-refractivity contribution in [3.05, 3.63) is 33.8 Å². The van der Waals surface area contributed by atoms with E-state index < -0.39 is 0 Å². The molecule has 3 heteroatoms. The third kappa shape index (κ3) is 3.65. The molecule has 0 unspecified atom stereocenters. The third-order valence-corrected chi connectivity index (χ3v) is 5.40. The van der Waals surface area contributed by atoms with Gasteiger partial charge < -0.3 is 5.73 Å². The van der Waals surface area contributed by atoms with Gasteiger partial charge in [-0.25, -0.2) is 0 Å². The molecule has 0 spiro atoms. The molecule has 0 saturated heterocycles. The maximum absolute atomic E-state index is 6.10. The summed E-state index contributed by atoms with van der Waals surface area (Å²) in [5.41, 5.74) is 8.04. The Morgan fingerprint density at radius 2 is 1.68 bits per heavy atom. The van der Waals surface area contributed by atoms with Crippen molar-refractivity contribution in [1.29, 1.82) is 0 Å². The highest BCUT2D eigenvalue weighted by Crippen LogP contribution is 2.46. The first-order valence-electron chi connectivity index (χ1n) is 7.00. The van der Waals surface area contributed by atoms with Gasteiger partial charge >= 0.3 is 0 Å². The van der Waals surface area contributed by atoms with Crippen molar-refractivity contribution in [2.75, 3.05) is 6.54 Å². The van der Waals surface area contributed by atoms with Gasteiger partial charge in [0.05, 0.1) is 10.0 Å². The van der Waals surface area contributed by atoms with Crippen LogP contribution in [0.4, 0.5) is 0 Å². The van der Waals surface area contributed by atoms with Crippen LogP contribution in [0.2, 0.25) is 10.0 Å². The second-order valence-electron chi connectivity index (χ2n) is 6.79. The maximum Gasteiger partial charge on any atom is 0.0595 e. The van der Waals surface area contributed by atoms with Gasteiger partial charge in [-0.3, -0.25) is 0 Å². The normalized spacial score (nSPS) is 21.3. The van der Waals surface area contributed by atoms with Crippen LogP contribution in [0.5, 0.6) is 0 Å². The quantitative estimate of drug-likeness (QED) is 0.827. The molecule has 0 amide bonds. The minimum atomic E-state index is 0.243. The van der Waals surface area contributed by atoms with E-state index in [1.165, 1.54) is 31.2 Å². The number of benzene rings is 1. The zero-order chi connectivity index (χ0) is 14.1. The van der Waals surface area contributed by atoms with Crippen molar-refractivity contribution in [2.24, 2.45) is 16.6 Å². The van der Waals surface area contributed by atoms with Crippen molar-refractivity contribution < 1.29 is 0 Å². The van der Waals surface area contributed by atoms with Crippen LogP contribution in [0.25, 0.3) is 0 Å². The Labute approximate surface area is 126 Å². The molecule has 0 heterocycles. The van der Waals surface area contributed by atoms with Gasteiger partial charge in [0.2, 0.25) is 0 Å². The van der Waals surface area contributed by atoms with Crippen molar-refractivity contribution in [3.8, 4) is 0 Å². The Morgan fingerprint density at radius 1 is 1.05 bits per heavy atom. The van der Waals surface area contributed by atoms with E-state index in [2.05, 4.69) is 19.9 Å². The monoisotopic (exact) mass is 299 g/mol. The second-order valence-corrected chi connectivity index (χ2v) is 7.61. The number of halogens is 2. The Hall–Kier alpha value is -0.240. The minimum absolute atomic E-state index is 0.243. The Bertz CT molecular complexity index is 444. The number of rotatable bonds is 3. The molecular formula is C16H23Cl2N. The van der Waals surface area contributed by atoms with E-state index in [9.17, 15) is 0 Å². The molecule has 0 radical (unpaired) electrons. The Kier molecular flexibility index (Phi) is 4.49. The zero-order valence-electron chi connectivity index (χ0n) is 11.8. The number of hydrogen-bond donors (Lipinski definition) is 1. The summed E-state index contributed by atoms with van der Waals surface area (Å²) in [7, 11) is 0. The summed E-state index contributed by atoms with van der Waals surface area (Å²) in [5.74, 6) is 0. The fraction of sp³-hybridized carbons (Fsp3) is 0.625. The van der Waals surface area contributed by atoms with Gasteiger partial charge in [0.15, 0.2) is 0 Å². The Balaban J connectivity index is 2.13. The van der Waals surface area contributed by atoms with Gasteiger partial charge in [-0.2, -0.15) is 0 Å². The van der Waals surface area contributed by atoms with E-state index >= 15 is 0 Å². The molecule has 2 rings (SSSR count). The maximum atomic E-state index is 6.10. The molecule has 0 aromatic heterocycles. The standard InChI is InChI=1S/C16H23Cl2N/c1-15(2)5-7-16(11-19,8-6-15)10-12-3-4-13(17)14(18)9-12/h3-4,9H,5-8,10-11,19H2,1-2H3. The van der Waals surface area contributed by atoms with E-state index in [0.29, 0.717) is 15.5 Å². The Morgan fingerprint density at radius 3 is 2.21 bits per heavy atom. The van der Waals surface area contributed by atoms with Gasteiger partial charge in [0.25, 0.3) is 0 Å². The fourth-order valence-corrected chi connectivity index (χ4v) is 3.31. The average molecular weight is 300 g/mol. The van der Waals surface area contributed by atoms with E-state index in [1.807, 2.05) is 12.1 Å². The lowest BCUT2D eigenvalue weighted by atomic mass is 9.63. The van der Waals surface area contributed by atoms with Crippen LogP contribution >= 0.6 is 23.2 Å². The average Bonchev–Trinajstić information content (AvgIpc) is 2.37. The molecule has 2 N–H and O–H groups in total. The molecule has 1 aliphatic carbocycles. The van der Waals surface area contributed by atoms with Crippen LogP contribution in [0, 0.1) is 10.8 Å². The lowest BCUT2D eigenvalue weighted by molar-refractivity contribution is 0.108. The van der Waals surface area contributed by atoms with Crippen molar-refractivity contribution in [2.45, 2.75) is 46.0 Å². The van der Waals surface area contributed by atoms with Crippen molar-refractivity contribution in [1.82, 2.24) is 0 Å². The summed E-state index contributed by atoms with van der Waals surface area (Å²) in [4.78, 5) is 0. The summed E-state index contributed by atoms with van der Waals surface area (Å²) in [5, 5.41) is 1.26. The van der Waals surface area contributed by atoms with Crippen molar-refractivity contribution in [3.63, 3.8) is 0 Å². The van der Waals surface area contributed by atoms with Crippen LogP contribution in [-0.4, -0.2) is 6.54 Å². The lowest BCUT2D eigenvalue weighted by Gasteiger charge is -2.43. The topological polar surface area (TPSA) is 26.0 Å². The first kappa shape index (κ1) is 15.2. The molecular weight excluding hydrogens is 277 g/mol. The molecule has 1 fully saturated rings. The van der Waals surface area contributed by atoms with Gasteiger partial charge in [-0.15, -0.1) is 0 Å². The molecule has 1 nitrogen and oxygen atoms in total. The second kappa shape index (κ2) is 5.63. The van der Waals surface area contributed by atoms with E-state index in [0.717, 1.165) is 13.0 Å². The van der Waals surface area contributed by atoms with E-state index in [4.69, 9.17) is 28.9 Å². The molecule has 0 atom stereocenters. The lowest BCUT2D eigenvalue weighted by Crippen LogP contribution is -2.38. The summed E-state index contributed by atoms with van der Waals surface area (Å²) in [6, 6.07) is 5.95. The third-order valence-electron chi connectivity index (χ3n) is 4.66. The first-order chi connectivity index (χ1) is 8.86. The molecule has 19 heavy (non-hydrogen) atoms. The summed E-state index contributed by atoms with van der Waals surface area (Å²) in [6.07, 6.45) is 5.93. The molecule has 1 aromatic carbocycles. The predicted molar refractivity (Wildman–Crippen MR) is 83.9 cm³/mol. The summed E-state index contributed by atoms with van der Waals surface area (Å²) < 4.78 is 0. The van der Waals surface area contributed by atoms with E-state index in [1.54, 1.807) is 0 Å². The smallest absolute Gasteiger partial charge is 0.0595 e. The number of nitrogens with two attached hydrogens (primary N) is 1. The van der Waals surface area contributed by atoms with Crippen LogP contribution in [0.15, 0.2) is 18.2 Å². The molecule has 1 saturated carbocycles. The highest BCUT2D eigenvalue weighted by molar-refractivity contribution is 6.42. The van der Waals surface area contributed by atoms with Crippen LogP contribution in [-0.2, 0) is 6.42 Å². The van der Waals surface area contributed by atoms with Gasteiger partial charge in [0.1, 0.15) is 0 Å². The fourth-order valence-electron chi connectivity index (χ4n) is 2.99. The number of hydrogen-bond acceptors (Lipinski definition) is 1. The molecule has 106 valence electrons. The minimum Gasteiger partial charge on any atom is -0.330 e. The predicted octanol–water partition coefficient (Wildman–Crippen LogP) is 5.08. The summed E-state index contributed by atoms with van der Waals surface area (Å²) >= 11 is 12.1. The molecule has 0 bridgehead atoms. The van der Waals surface area contributed by atoms with Crippen LogP contribution in [0.3, 0.4) is 0 Å². The van der Waals surface area contributed by atoms with Gasteiger partial charge in [-0.1, -0.05) is 43.1 Å². The first-order valence-corrected chi connectivity index (χ1v) is 7.76. The van der Waals surface area contributed by atoms with Gasteiger partial charge in [-0.05, 0) is 67.2 Å². The molecule has 1 aliphatic rings. The largest absolute Gasteiger partial charge is 0.330 e. The highest BCUT2D eigenvalue weighted by Gasteiger charge is 2.37. The molecule has 0 aliphatic heterocycles. The van der Waals surface area contributed by atoms with Gasteiger partial charge in [0, 0.05) is 0 Å². The summed E-state index contributed by atoms with van der Waals surface area (Å²) in [6.45, 7) is 5.46. The zero-order valence-corrected chi connectivity index (χ0v) is 13.3. The SMILES string of the molecule is CC1(C)CCC(CN)(Cc2ccc(Cl)c(Cl)c2)CC1. The van der Waals surface area contributed by atoms with Crippen molar-refractivity contribution >= 4 is 23.2 Å². The van der Waals surface area contributed by atoms with Crippen LogP contribution in [0.1, 0.15) is 45.1 Å². The molecule has 1 aromatic rings. The van der Waals surface area contributed by atoms with E-state index in [-0.39, 0.29) is 5.41 Å².